The predicted molar refractivity (Wildman–Crippen MR) is 99.1 cm³/mol. The van der Waals surface area contributed by atoms with E-state index in [1.165, 1.54) is 16.8 Å². The van der Waals surface area contributed by atoms with Crippen molar-refractivity contribution in [3.63, 3.8) is 0 Å². The van der Waals surface area contributed by atoms with E-state index in [4.69, 9.17) is 0 Å². The van der Waals surface area contributed by atoms with Crippen LogP contribution in [-0.2, 0) is 13.1 Å². The first-order valence-corrected chi connectivity index (χ1v) is 8.86. The van der Waals surface area contributed by atoms with E-state index < -0.39 is 0 Å². The predicted octanol–water partition coefficient (Wildman–Crippen LogP) is 4.18. The molecule has 0 aliphatic carbocycles. The number of amides is 2. The molecule has 4 nitrogen and oxygen atoms in total. The zero-order valence-electron chi connectivity index (χ0n) is 15.1. The largest absolute Gasteiger partial charge is 0.345 e. The lowest BCUT2D eigenvalue weighted by molar-refractivity contribution is 0.193. The van der Waals surface area contributed by atoms with Gasteiger partial charge >= 0.3 is 6.03 Å². The molecule has 0 saturated carbocycles. The first kappa shape index (κ1) is 18.1. The number of rotatable bonds is 8. The van der Waals surface area contributed by atoms with Crippen LogP contribution < -0.4 is 5.32 Å². The molecule has 0 fully saturated rings. The van der Waals surface area contributed by atoms with Crippen molar-refractivity contribution in [2.24, 2.45) is 0 Å². The molecule has 1 aromatic carbocycles. The Bertz CT molecular complexity index is 648. The summed E-state index contributed by atoms with van der Waals surface area (Å²) in [5.41, 5.74) is 3.72. The monoisotopic (exact) mass is 327 g/mol. The van der Waals surface area contributed by atoms with Gasteiger partial charge in [-0.05, 0) is 38.0 Å². The second-order valence-electron chi connectivity index (χ2n) is 6.23. The van der Waals surface area contributed by atoms with Crippen LogP contribution in [0.1, 0.15) is 43.5 Å². The smallest absolute Gasteiger partial charge is 0.317 e. The highest BCUT2D eigenvalue weighted by molar-refractivity contribution is 5.74. The maximum atomic E-state index is 12.3. The van der Waals surface area contributed by atoms with E-state index in [1.54, 1.807) is 0 Å². The van der Waals surface area contributed by atoms with Crippen molar-refractivity contribution in [1.29, 1.82) is 0 Å². The topological polar surface area (TPSA) is 37.3 Å². The number of benzene rings is 1. The Morgan fingerprint density at radius 1 is 1.21 bits per heavy atom. The maximum absolute atomic E-state index is 12.3. The van der Waals surface area contributed by atoms with E-state index in [1.807, 2.05) is 11.8 Å². The number of carbonyl (C=O) groups is 1. The molecule has 0 atom stereocenters. The highest BCUT2D eigenvalue weighted by atomic mass is 16.2. The summed E-state index contributed by atoms with van der Waals surface area (Å²) in [7, 11) is 0. The molecule has 1 aromatic heterocycles. The lowest BCUT2D eigenvalue weighted by Crippen LogP contribution is -2.40. The van der Waals surface area contributed by atoms with Crippen LogP contribution in [-0.4, -0.2) is 28.6 Å². The number of hydrogen-bond acceptors (Lipinski definition) is 1. The average molecular weight is 327 g/mol. The van der Waals surface area contributed by atoms with Gasteiger partial charge in [0.05, 0.1) is 6.54 Å². The van der Waals surface area contributed by atoms with E-state index in [2.05, 4.69) is 66.3 Å². The molecule has 0 aliphatic heterocycles. The number of unbranched alkanes of at least 4 members (excludes halogenated alkanes) is 1. The van der Waals surface area contributed by atoms with Gasteiger partial charge in [-0.15, -0.1) is 0 Å². The first-order chi connectivity index (χ1) is 11.6. The minimum absolute atomic E-state index is 0.0225. The van der Waals surface area contributed by atoms with Crippen LogP contribution in [0.25, 0.3) is 0 Å². The van der Waals surface area contributed by atoms with Gasteiger partial charge in [0.2, 0.25) is 0 Å². The number of aryl methyl sites for hydroxylation is 1. The number of urea groups is 1. The molecule has 130 valence electrons. The van der Waals surface area contributed by atoms with Crippen LogP contribution in [0.2, 0.25) is 0 Å². The molecular formula is C20H29N3O. The van der Waals surface area contributed by atoms with Crippen LogP contribution in [0.3, 0.4) is 0 Å². The molecule has 0 radical (unpaired) electrons. The Balaban J connectivity index is 2.10. The highest BCUT2D eigenvalue weighted by Gasteiger charge is 2.14. The summed E-state index contributed by atoms with van der Waals surface area (Å²) in [5.74, 6) is 0. The number of hydrogen-bond donors (Lipinski definition) is 1. The van der Waals surface area contributed by atoms with E-state index in [0.29, 0.717) is 13.1 Å². The molecule has 0 spiro atoms. The van der Waals surface area contributed by atoms with Crippen LogP contribution in [0.15, 0.2) is 42.6 Å². The Labute approximate surface area is 145 Å². The number of nitrogens with zero attached hydrogens (tertiary/aromatic N) is 2. The Morgan fingerprint density at radius 2 is 2.04 bits per heavy atom. The third kappa shape index (κ3) is 5.15. The van der Waals surface area contributed by atoms with Crippen LogP contribution in [0.4, 0.5) is 4.79 Å². The van der Waals surface area contributed by atoms with Crippen molar-refractivity contribution >= 4 is 6.03 Å². The first-order valence-electron chi connectivity index (χ1n) is 8.86. The van der Waals surface area contributed by atoms with E-state index in [9.17, 15) is 4.79 Å². The minimum atomic E-state index is 0.0225. The van der Waals surface area contributed by atoms with Crippen molar-refractivity contribution in [1.82, 2.24) is 14.8 Å². The number of nitrogens with one attached hydrogen (secondary N) is 1. The molecule has 1 N–H and O–H groups in total. The average Bonchev–Trinajstić information content (AvgIpc) is 2.98. The molecular weight excluding hydrogens is 298 g/mol. The molecule has 2 aromatic rings. The summed E-state index contributed by atoms with van der Waals surface area (Å²) in [5, 5.41) is 2.92. The molecule has 1 heterocycles. The lowest BCUT2D eigenvalue weighted by Gasteiger charge is -2.23. The Morgan fingerprint density at radius 3 is 2.75 bits per heavy atom. The summed E-state index contributed by atoms with van der Waals surface area (Å²) < 4.78 is 2.23. The Hall–Kier alpha value is -2.23. The Kier molecular flexibility index (Phi) is 6.91. The van der Waals surface area contributed by atoms with Crippen molar-refractivity contribution in [2.75, 3.05) is 13.1 Å². The zero-order chi connectivity index (χ0) is 17.4. The van der Waals surface area contributed by atoms with Gasteiger partial charge in [0, 0.05) is 31.5 Å². The van der Waals surface area contributed by atoms with E-state index >= 15 is 0 Å². The fraction of sp³-hybridized carbons (Fsp3) is 0.450. The SMILES string of the molecule is CCCCN(Cc1cccn1Cc1cccc(C)c1)C(=O)NCC. The summed E-state index contributed by atoms with van der Waals surface area (Å²) in [4.78, 5) is 14.2. The second-order valence-corrected chi connectivity index (χ2v) is 6.23. The second kappa shape index (κ2) is 9.16. The van der Waals surface area contributed by atoms with Gasteiger partial charge in [-0.2, -0.15) is 0 Å². The standard InChI is InChI=1S/C20H29N3O/c1-4-6-12-23(20(24)21-5-2)16-19-11-8-13-22(19)15-18-10-7-9-17(3)14-18/h7-11,13-14H,4-6,12,15-16H2,1-3H3,(H,21,24). The van der Waals surface area contributed by atoms with E-state index in [-0.39, 0.29) is 6.03 Å². The fourth-order valence-electron chi connectivity index (χ4n) is 2.81. The highest BCUT2D eigenvalue weighted by Crippen LogP contribution is 2.12. The normalized spacial score (nSPS) is 10.6. The fourth-order valence-corrected chi connectivity index (χ4v) is 2.81. The van der Waals surface area contributed by atoms with Gasteiger partial charge in [0.25, 0.3) is 0 Å². The zero-order valence-corrected chi connectivity index (χ0v) is 15.1. The molecule has 0 saturated heterocycles. The maximum Gasteiger partial charge on any atom is 0.317 e. The molecule has 0 bridgehead atoms. The van der Waals surface area contributed by atoms with Gasteiger partial charge in [-0.3, -0.25) is 0 Å². The van der Waals surface area contributed by atoms with Gasteiger partial charge < -0.3 is 14.8 Å². The van der Waals surface area contributed by atoms with Crippen molar-refractivity contribution in [3.8, 4) is 0 Å². The molecule has 0 aliphatic rings. The quantitative estimate of drug-likeness (QED) is 0.776. The van der Waals surface area contributed by atoms with Gasteiger partial charge in [0.1, 0.15) is 0 Å². The van der Waals surface area contributed by atoms with Crippen LogP contribution in [0, 0.1) is 6.92 Å². The van der Waals surface area contributed by atoms with Crippen molar-refractivity contribution < 1.29 is 4.79 Å². The summed E-state index contributed by atoms with van der Waals surface area (Å²) >= 11 is 0. The number of carbonyl (C=O) groups excluding carboxylic acids is 1. The van der Waals surface area contributed by atoms with Crippen molar-refractivity contribution in [3.05, 3.63) is 59.4 Å². The minimum Gasteiger partial charge on any atom is -0.345 e. The van der Waals surface area contributed by atoms with Gasteiger partial charge in [-0.1, -0.05) is 43.2 Å². The third-order valence-corrected chi connectivity index (χ3v) is 4.11. The summed E-state index contributed by atoms with van der Waals surface area (Å²) in [6, 6.07) is 12.7. The van der Waals surface area contributed by atoms with Crippen LogP contribution in [0.5, 0.6) is 0 Å². The third-order valence-electron chi connectivity index (χ3n) is 4.11. The van der Waals surface area contributed by atoms with Gasteiger partial charge in [-0.25, -0.2) is 4.79 Å². The van der Waals surface area contributed by atoms with Crippen LogP contribution >= 0.6 is 0 Å². The summed E-state index contributed by atoms with van der Waals surface area (Å²) in [6.45, 7) is 9.14. The van der Waals surface area contributed by atoms with Gasteiger partial charge in [0.15, 0.2) is 0 Å². The molecule has 2 amide bonds. The summed E-state index contributed by atoms with van der Waals surface area (Å²) in [6.07, 6.45) is 4.20. The van der Waals surface area contributed by atoms with E-state index in [0.717, 1.165) is 25.9 Å². The van der Waals surface area contributed by atoms with Crippen molar-refractivity contribution in [2.45, 2.75) is 46.7 Å². The molecule has 2 rings (SSSR count). The molecule has 0 unspecified atom stereocenters. The molecule has 24 heavy (non-hydrogen) atoms. The number of aromatic nitrogens is 1. The molecule has 4 heteroatoms. The lowest BCUT2D eigenvalue weighted by atomic mass is 10.1.